The third kappa shape index (κ3) is 49.0. The van der Waals surface area contributed by atoms with Crippen LogP contribution in [-0.4, -0.2) is 260 Å². The van der Waals surface area contributed by atoms with Crippen molar-refractivity contribution in [3.63, 3.8) is 0 Å². The van der Waals surface area contributed by atoms with Crippen LogP contribution in [0, 0.1) is 58.8 Å². The lowest BCUT2D eigenvalue weighted by Crippen LogP contribution is -2.61. The average Bonchev–Trinajstić information content (AvgIpc) is 0.854. The Morgan fingerprint density at radius 3 is 0.760 bits per heavy atom. The van der Waals surface area contributed by atoms with Crippen molar-refractivity contribution >= 4 is 146 Å². The van der Waals surface area contributed by atoms with E-state index < -0.39 is 184 Å². The SMILES string of the molecule is C[C@@H](NC(=O)[C@@H](N)CSSc1ncccc1[N+](=O)[O-])C(=O)N[C@H](CCCNC(=N)N)C(=O)N[C@H](CCCNC(=N)N)C(=O)N[C@H](CCCNC(=N)N)C(=O)N[C@H](CCCNC(=N)N)C(=O)N[C@H](CCCNC(=N)N)C(=O)N[C@H](CCCNC(=N)N)C(=O)N[C@H](CCCNC(=N)N)C(=O)N[C@H](CCCNC(=N)N)C(=O)N[C@H](CCCNC(=N)N)C(N)=O. The van der Waals surface area contributed by atoms with Gasteiger partial charge in [0.2, 0.25) is 65.0 Å². The number of hydrogen-bond acceptors (Lipinski definition) is 26. The van der Waals surface area contributed by atoms with Crippen LogP contribution in [-0.2, 0) is 52.7 Å². The van der Waals surface area contributed by atoms with Crippen molar-refractivity contribution in [2.45, 2.75) is 194 Å². The first-order chi connectivity index (χ1) is 57.1. The molecule has 0 radical (unpaired) electrons. The van der Waals surface area contributed by atoms with Crippen molar-refractivity contribution < 1.29 is 57.7 Å². The van der Waals surface area contributed by atoms with Crippen molar-refractivity contribution in [2.24, 2.45) is 63.1 Å². The molecule has 50 N–H and O–H groups in total. The molecule has 1 aromatic rings. The van der Waals surface area contributed by atoms with Crippen LogP contribution in [0.15, 0.2) is 23.4 Å². The molecule has 1 rings (SSSR count). The number of nitrogens with zero attached hydrogens (tertiary/aromatic N) is 2. The van der Waals surface area contributed by atoms with E-state index in [1.807, 2.05) is 0 Å². The van der Waals surface area contributed by atoms with Gasteiger partial charge < -0.3 is 164 Å². The maximum atomic E-state index is 15.0. The molecule has 1 aromatic heterocycles. The number of nitrogens with two attached hydrogens (primary N) is 11. The molecule has 54 nitrogen and oxygen atoms in total. The molecule has 121 heavy (non-hydrogen) atoms. The lowest BCUT2D eigenvalue weighted by Gasteiger charge is -2.29. The molecule has 11 atom stereocenters. The average molecular weight is 1750 g/mol. The van der Waals surface area contributed by atoms with Crippen LogP contribution >= 0.6 is 21.6 Å². The number of carbonyl (C=O) groups excluding carboxylic acids is 11. The Labute approximate surface area is 705 Å². The number of rotatable bonds is 62. The Morgan fingerprint density at radius 1 is 0.347 bits per heavy atom. The van der Waals surface area contributed by atoms with Crippen LogP contribution in [0.25, 0.3) is 0 Å². The highest BCUT2D eigenvalue weighted by molar-refractivity contribution is 8.76. The summed E-state index contributed by atoms with van der Waals surface area (Å²) < 4.78 is 0. The summed E-state index contributed by atoms with van der Waals surface area (Å²) in [6.07, 6.45) is -0.355. The number of guanidine groups is 9. The van der Waals surface area contributed by atoms with E-state index in [4.69, 9.17) is 112 Å². The second-order valence-electron chi connectivity index (χ2n) is 27.1. The normalized spacial score (nSPS) is 13.4. The Balaban J connectivity index is 4.03. The van der Waals surface area contributed by atoms with E-state index in [0.29, 0.717) is 0 Å². The lowest BCUT2D eigenvalue weighted by atomic mass is 10.0. The second kappa shape index (κ2) is 59.5. The number of nitro groups is 1. The maximum absolute atomic E-state index is 15.0. The third-order valence-corrected chi connectivity index (χ3v) is 19.3. The van der Waals surface area contributed by atoms with Crippen molar-refractivity contribution in [1.82, 2.24) is 106 Å². The summed E-state index contributed by atoms with van der Waals surface area (Å²) in [5.41, 5.74) is 61.2. The van der Waals surface area contributed by atoms with Crippen LogP contribution in [0.5, 0.6) is 0 Å². The van der Waals surface area contributed by atoms with Crippen LogP contribution in [0.2, 0.25) is 0 Å². The van der Waals surface area contributed by atoms with Gasteiger partial charge in [-0.1, -0.05) is 10.8 Å². The summed E-state index contributed by atoms with van der Waals surface area (Å²) in [5.74, 6) is -14.8. The number of pyridine rings is 1. The smallest absolute Gasteiger partial charge is 0.302 e. The molecular formula is C65H123N41O13S2. The minimum atomic E-state index is -1.65. The first-order valence-corrected chi connectivity index (χ1v) is 40.6. The molecule has 11 amide bonds. The highest BCUT2D eigenvalue weighted by atomic mass is 33.1. The molecule has 56 heteroatoms. The fraction of sp³-hybridized carbons (Fsp3) is 0.615. The zero-order valence-electron chi connectivity index (χ0n) is 67.3. The van der Waals surface area contributed by atoms with E-state index in [9.17, 15) is 58.1 Å². The number of hydrogen-bond donors (Lipinski definition) is 39. The van der Waals surface area contributed by atoms with Gasteiger partial charge in [0.15, 0.2) is 58.7 Å². The summed E-state index contributed by atoms with van der Waals surface area (Å²) in [7, 11) is 1.88. The number of aromatic nitrogens is 1. The quantitative estimate of drug-likeness (QED) is 0.00719. The molecule has 0 spiro atoms. The fourth-order valence-electron chi connectivity index (χ4n) is 10.9. The van der Waals surface area contributed by atoms with Gasteiger partial charge in [0.1, 0.15) is 60.4 Å². The number of primary amides is 1. The standard InChI is InChI=1S/C65H123N41O13S2/c1-33(96-47(109)34(66)32-120-121-56-44(106(118)119)21-11-22-86-56)46(108)98-36(13-3-24-88-58(70)71)49(111)100-38(15-5-26-90-60(74)75)51(113)102-40(17-7-28-92-62(78)79)53(115)104-42(19-9-30-94-64(82)83)55(117)105-43(20-10-31-95-65(84)85)54(116)103-41(18-8-29-93-63(80)81)52(114)101-39(16-6-27-91-61(76)77)50(112)99-37(14-4-25-89-59(72)73)48(110)97-35(45(67)107)12-2-23-87-57(68)69/h11,21-22,33-43H,2-10,12-20,23-32,66H2,1H3,(H2,67,107)(H,96,109)(H,97,110)(H,98,108)(H,99,112)(H,100,111)(H,101,114)(H,102,113)(H,103,116)(H,104,115)(H,105,117)(H4,68,69,87)(H4,70,71,88)(H4,72,73,89)(H4,74,75,90)(H4,76,77,91)(H4,78,79,92)(H4,80,81,93)(H4,82,83,94)(H4,84,85,95)/t33-,34+,35-,36-,37-,38-,39-,40-,41-,42-,43-/m1/s1. The molecule has 0 unspecified atom stereocenters. The van der Waals surface area contributed by atoms with Crippen molar-refractivity contribution in [2.75, 3.05) is 64.7 Å². The van der Waals surface area contributed by atoms with Gasteiger partial charge in [-0.2, -0.15) is 0 Å². The van der Waals surface area contributed by atoms with Crippen LogP contribution in [0.1, 0.15) is 122 Å². The van der Waals surface area contributed by atoms with Gasteiger partial charge >= 0.3 is 5.69 Å². The van der Waals surface area contributed by atoms with Crippen molar-refractivity contribution in [3.05, 3.63) is 28.4 Å². The summed E-state index contributed by atoms with van der Waals surface area (Å²) in [6.45, 7) is 1.14. The number of nitrogens with one attached hydrogen (secondary N) is 28. The Kier molecular flexibility index (Phi) is 52.0. The minimum Gasteiger partial charge on any atom is -0.370 e. The molecule has 0 saturated carbocycles. The Hall–Kier alpha value is -13.2. The van der Waals surface area contributed by atoms with Crippen molar-refractivity contribution in [3.8, 4) is 0 Å². The van der Waals surface area contributed by atoms with E-state index in [1.54, 1.807) is 0 Å². The predicted molar refractivity (Wildman–Crippen MR) is 454 cm³/mol. The molecule has 0 fully saturated rings. The molecular weight excluding hydrogens is 1630 g/mol. The summed E-state index contributed by atoms with van der Waals surface area (Å²) in [5, 5.41) is 130. The van der Waals surface area contributed by atoms with E-state index in [1.165, 1.54) is 25.3 Å². The molecule has 0 aliphatic carbocycles. The van der Waals surface area contributed by atoms with Gasteiger partial charge in [-0.15, -0.1) is 0 Å². The van der Waals surface area contributed by atoms with E-state index in [-0.39, 0.29) is 197 Å². The topological polar surface area (TPSA) is 973 Å². The van der Waals surface area contributed by atoms with Gasteiger partial charge in [-0.3, -0.25) is 112 Å². The van der Waals surface area contributed by atoms with E-state index in [0.717, 1.165) is 21.6 Å². The second-order valence-corrected chi connectivity index (χ2v) is 29.4. The van der Waals surface area contributed by atoms with Gasteiger partial charge in [-0.25, -0.2) is 4.98 Å². The van der Waals surface area contributed by atoms with Crippen LogP contribution in [0.3, 0.4) is 0 Å². The highest BCUT2D eigenvalue weighted by Gasteiger charge is 2.37. The summed E-state index contributed by atoms with van der Waals surface area (Å²) >= 11 is 0. The van der Waals surface area contributed by atoms with Gasteiger partial charge in [0.25, 0.3) is 0 Å². The molecule has 1 heterocycles. The van der Waals surface area contributed by atoms with E-state index >= 15 is 4.79 Å². The highest BCUT2D eigenvalue weighted by Crippen LogP contribution is 2.35. The van der Waals surface area contributed by atoms with Crippen LogP contribution in [0.4, 0.5) is 5.69 Å². The Morgan fingerprint density at radius 2 is 0.554 bits per heavy atom. The Bertz CT molecular complexity index is 3680. The summed E-state index contributed by atoms with van der Waals surface area (Å²) in [4.78, 5) is 173. The minimum absolute atomic E-state index is 0.00646. The first kappa shape index (κ1) is 106. The van der Waals surface area contributed by atoms with Gasteiger partial charge in [0.05, 0.1) is 11.0 Å². The molecule has 678 valence electrons. The zero-order valence-corrected chi connectivity index (χ0v) is 68.9. The summed E-state index contributed by atoms with van der Waals surface area (Å²) in [6, 6.07) is -13.9. The molecule has 0 aromatic carbocycles. The largest absolute Gasteiger partial charge is 0.370 e. The molecule has 0 aliphatic heterocycles. The molecule has 0 aliphatic rings. The van der Waals surface area contributed by atoms with Gasteiger partial charge in [0, 0.05) is 76.9 Å². The van der Waals surface area contributed by atoms with Gasteiger partial charge in [-0.05, 0) is 139 Å². The lowest BCUT2D eigenvalue weighted by molar-refractivity contribution is -0.388. The number of carbonyl (C=O) groups is 11. The number of amides is 11. The predicted octanol–water partition coefficient (Wildman–Crippen LogP) is -11.2. The monoisotopic (exact) mass is 1750 g/mol. The van der Waals surface area contributed by atoms with E-state index in [2.05, 4.69) is 106 Å². The molecule has 0 bridgehead atoms. The first-order valence-electron chi connectivity index (χ1n) is 38.3. The van der Waals surface area contributed by atoms with Crippen molar-refractivity contribution in [1.29, 1.82) is 48.7 Å². The molecule has 0 saturated heterocycles. The maximum Gasteiger partial charge on any atom is 0.302 e. The van der Waals surface area contributed by atoms with Crippen LogP contribution < -0.4 is 164 Å². The zero-order chi connectivity index (χ0) is 91.1. The third-order valence-electron chi connectivity index (χ3n) is 17.0. The fourth-order valence-corrected chi connectivity index (χ4v) is 13.1.